The van der Waals surface area contributed by atoms with Crippen LogP contribution in [0.1, 0.15) is 29.5 Å². The average Bonchev–Trinajstić information content (AvgIpc) is 3.41. The summed E-state index contributed by atoms with van der Waals surface area (Å²) in [5.41, 5.74) is 0.304. The van der Waals surface area contributed by atoms with Gasteiger partial charge in [-0.15, -0.1) is 0 Å². The molecule has 3 aromatic carbocycles. The summed E-state index contributed by atoms with van der Waals surface area (Å²) in [5.74, 6) is -1.77. The number of allylic oxidation sites excluding steroid dienone is 2. The van der Waals surface area contributed by atoms with E-state index in [9.17, 15) is 19.5 Å². The molecule has 1 aliphatic carbocycles. The number of ether oxygens (including phenoxy) is 1. The molecule has 0 radical (unpaired) electrons. The second-order valence-electron chi connectivity index (χ2n) is 11.3. The second kappa shape index (κ2) is 10.5. The van der Waals surface area contributed by atoms with Gasteiger partial charge in [-0.05, 0) is 53.5 Å². The van der Waals surface area contributed by atoms with Crippen LogP contribution in [0.5, 0.6) is 5.75 Å². The van der Waals surface area contributed by atoms with Crippen molar-refractivity contribution in [1.82, 2.24) is 13.9 Å². The number of halogens is 1. The van der Waals surface area contributed by atoms with Crippen LogP contribution in [0.15, 0.2) is 100 Å². The summed E-state index contributed by atoms with van der Waals surface area (Å²) < 4.78 is 9.51. The molecule has 2 fully saturated rings. The number of aliphatic hydroxyl groups is 1. The molecule has 11 heteroatoms. The Bertz CT molecular complexity index is 1940. The Morgan fingerprint density at radius 2 is 1.70 bits per heavy atom. The fourth-order valence-electron chi connectivity index (χ4n) is 7.41. The van der Waals surface area contributed by atoms with Gasteiger partial charge >= 0.3 is 11.4 Å². The van der Waals surface area contributed by atoms with E-state index in [2.05, 4.69) is 0 Å². The zero-order valence-electron chi connectivity index (χ0n) is 23.8. The van der Waals surface area contributed by atoms with Gasteiger partial charge < -0.3 is 9.84 Å². The van der Waals surface area contributed by atoms with Crippen LogP contribution >= 0.6 is 11.6 Å². The van der Waals surface area contributed by atoms with Gasteiger partial charge in [-0.1, -0.05) is 66.2 Å². The minimum absolute atomic E-state index is 0.127. The smallest absolute Gasteiger partial charge is 0.347 e. The van der Waals surface area contributed by atoms with Crippen molar-refractivity contribution in [2.45, 2.75) is 30.3 Å². The van der Waals surface area contributed by atoms with Gasteiger partial charge in [0.1, 0.15) is 12.4 Å². The van der Waals surface area contributed by atoms with E-state index >= 15 is 4.79 Å². The highest BCUT2D eigenvalue weighted by molar-refractivity contribution is 6.32. The molecule has 44 heavy (non-hydrogen) atoms. The molecule has 3 aliphatic rings. The first kappa shape index (κ1) is 28.1. The lowest BCUT2D eigenvalue weighted by molar-refractivity contribution is -0.124. The van der Waals surface area contributed by atoms with Crippen LogP contribution in [-0.4, -0.2) is 44.1 Å². The first-order valence-corrected chi connectivity index (χ1v) is 14.8. The van der Waals surface area contributed by atoms with Gasteiger partial charge in [0.05, 0.1) is 36.2 Å². The standard InChI is InChI=1S/C33H29ClN4O6/c1-35-31(42)36-15-14-25-27(38(36)32(35)43)19-26-29(40)37(23-9-5-8-22(34)18-23)30(41)33(26,21-6-3-2-4-7-21)28(25)20-10-12-24(13-11-20)44-17-16-39/h2-14,18,26-28,39H,15-17,19H2,1H3/t26-,27+,28-,33+/m0/s1. The van der Waals surface area contributed by atoms with Crippen molar-refractivity contribution < 1.29 is 19.4 Å². The van der Waals surface area contributed by atoms with Crippen molar-refractivity contribution in [3.8, 4) is 5.75 Å². The van der Waals surface area contributed by atoms with Crippen LogP contribution < -0.4 is 21.0 Å². The molecule has 10 nitrogen and oxygen atoms in total. The zero-order chi connectivity index (χ0) is 30.7. The number of hydrogen-bond acceptors (Lipinski definition) is 6. The van der Waals surface area contributed by atoms with E-state index < -0.39 is 40.6 Å². The lowest BCUT2D eigenvalue weighted by Crippen LogP contribution is -2.53. The molecule has 2 aliphatic heterocycles. The van der Waals surface area contributed by atoms with Crippen molar-refractivity contribution in [1.29, 1.82) is 0 Å². The second-order valence-corrected chi connectivity index (χ2v) is 11.8. The van der Waals surface area contributed by atoms with Crippen molar-refractivity contribution >= 4 is 29.1 Å². The van der Waals surface area contributed by atoms with Gasteiger partial charge in [-0.3, -0.25) is 9.59 Å². The maximum Gasteiger partial charge on any atom is 0.347 e. The number of anilines is 1. The minimum Gasteiger partial charge on any atom is -0.491 e. The number of carbonyl (C=O) groups is 2. The van der Waals surface area contributed by atoms with Gasteiger partial charge in [-0.2, -0.15) is 0 Å². The molecule has 7 rings (SSSR count). The highest BCUT2D eigenvalue weighted by Crippen LogP contribution is 2.62. The van der Waals surface area contributed by atoms with Gasteiger partial charge in [0.15, 0.2) is 0 Å². The van der Waals surface area contributed by atoms with Gasteiger partial charge in [-0.25, -0.2) is 28.4 Å². The summed E-state index contributed by atoms with van der Waals surface area (Å²) in [6.45, 7) is 0.133. The van der Waals surface area contributed by atoms with E-state index in [4.69, 9.17) is 16.3 Å². The molecular weight excluding hydrogens is 584 g/mol. The van der Waals surface area contributed by atoms with Crippen LogP contribution in [0, 0.1) is 5.92 Å². The number of carbonyl (C=O) groups excluding carboxylic acids is 2. The Hall–Kier alpha value is -4.67. The van der Waals surface area contributed by atoms with E-state index in [1.54, 1.807) is 36.4 Å². The molecule has 3 heterocycles. The van der Waals surface area contributed by atoms with Gasteiger partial charge in [0.25, 0.3) is 0 Å². The Kier molecular flexibility index (Phi) is 6.71. The fourth-order valence-corrected chi connectivity index (χ4v) is 7.59. The summed E-state index contributed by atoms with van der Waals surface area (Å²) >= 11 is 6.33. The fraction of sp³-hybridized carbons (Fsp3) is 0.273. The number of benzene rings is 3. The highest BCUT2D eigenvalue weighted by atomic mass is 35.5. The monoisotopic (exact) mass is 612 g/mol. The quantitative estimate of drug-likeness (QED) is 0.264. The van der Waals surface area contributed by atoms with Crippen LogP contribution in [-0.2, 0) is 28.6 Å². The highest BCUT2D eigenvalue weighted by Gasteiger charge is 2.68. The summed E-state index contributed by atoms with van der Waals surface area (Å²) in [6.07, 6.45) is 2.06. The SMILES string of the molecule is Cn1c(=O)n2n(c1=O)[C@@H]1C[C@H]3C(=O)N(c4cccc(Cl)c4)C(=O)[C@@]3(c3ccccc3)[C@@H](c3ccc(OCCO)cc3)C1=CC2. The molecule has 1 saturated carbocycles. The molecule has 2 amide bonds. The molecule has 0 spiro atoms. The summed E-state index contributed by atoms with van der Waals surface area (Å²) in [5, 5.41) is 9.61. The normalized spacial score (nSPS) is 24.0. The van der Waals surface area contributed by atoms with Gasteiger partial charge in [0, 0.05) is 18.0 Å². The third-order valence-electron chi connectivity index (χ3n) is 9.19. The Balaban J connectivity index is 1.51. The molecule has 0 unspecified atom stereocenters. The Labute approximate surface area is 257 Å². The Morgan fingerprint density at radius 3 is 2.41 bits per heavy atom. The molecule has 0 bridgehead atoms. The minimum atomic E-state index is -1.36. The van der Waals surface area contributed by atoms with Crippen molar-refractivity contribution in [2.75, 3.05) is 18.1 Å². The van der Waals surface area contributed by atoms with Gasteiger partial charge in [0.2, 0.25) is 11.8 Å². The lowest BCUT2D eigenvalue weighted by Gasteiger charge is -2.49. The van der Waals surface area contributed by atoms with E-state index in [0.717, 1.165) is 15.7 Å². The summed E-state index contributed by atoms with van der Waals surface area (Å²) in [4.78, 5) is 57.3. The van der Waals surface area contributed by atoms with Crippen LogP contribution in [0.25, 0.3) is 0 Å². The van der Waals surface area contributed by atoms with Crippen molar-refractivity contribution in [3.05, 3.63) is 128 Å². The Morgan fingerprint density at radius 1 is 0.955 bits per heavy atom. The van der Waals surface area contributed by atoms with Crippen LogP contribution in [0.3, 0.4) is 0 Å². The van der Waals surface area contributed by atoms with Crippen molar-refractivity contribution in [3.63, 3.8) is 0 Å². The third-order valence-corrected chi connectivity index (χ3v) is 9.43. The maximum absolute atomic E-state index is 15.1. The third kappa shape index (κ3) is 3.90. The molecule has 224 valence electrons. The largest absolute Gasteiger partial charge is 0.491 e. The number of hydrogen-bond donors (Lipinski definition) is 1. The predicted molar refractivity (Wildman–Crippen MR) is 163 cm³/mol. The predicted octanol–water partition coefficient (Wildman–Crippen LogP) is 3.17. The number of imide groups is 1. The van der Waals surface area contributed by atoms with E-state index in [-0.39, 0.29) is 32.1 Å². The van der Waals surface area contributed by atoms with Crippen molar-refractivity contribution in [2.24, 2.45) is 13.0 Å². The van der Waals surface area contributed by atoms with E-state index in [1.165, 1.54) is 21.3 Å². The average molecular weight is 613 g/mol. The first-order chi connectivity index (χ1) is 21.3. The molecule has 1 saturated heterocycles. The number of rotatable bonds is 6. The van der Waals surface area contributed by atoms with Crippen LogP contribution in [0.4, 0.5) is 5.69 Å². The first-order valence-electron chi connectivity index (χ1n) is 14.4. The lowest BCUT2D eigenvalue weighted by atomic mass is 9.53. The number of aromatic nitrogens is 3. The molecule has 1 aromatic heterocycles. The van der Waals surface area contributed by atoms with E-state index in [0.29, 0.717) is 22.0 Å². The topological polar surface area (TPSA) is 116 Å². The summed E-state index contributed by atoms with van der Waals surface area (Å²) in [7, 11) is 1.44. The molecular formula is C33H29ClN4O6. The number of amides is 2. The molecule has 4 aromatic rings. The molecule has 1 N–H and O–H groups in total. The number of fused-ring (bicyclic) bond motifs is 4. The molecule has 4 atom stereocenters. The number of aliphatic hydroxyl groups excluding tert-OH is 1. The summed E-state index contributed by atoms with van der Waals surface area (Å²) in [6, 6.07) is 22.6. The maximum atomic E-state index is 15.1. The van der Waals surface area contributed by atoms with E-state index in [1.807, 2.05) is 48.5 Å². The zero-order valence-corrected chi connectivity index (χ0v) is 24.6. The number of nitrogens with zero attached hydrogens (tertiary/aromatic N) is 4. The van der Waals surface area contributed by atoms with Crippen LogP contribution in [0.2, 0.25) is 5.02 Å².